The van der Waals surface area contributed by atoms with E-state index < -0.39 is 10.0 Å². The molecule has 0 bridgehead atoms. The monoisotopic (exact) mass is 410 g/mol. The summed E-state index contributed by atoms with van der Waals surface area (Å²) >= 11 is 0. The molecular formula is C23H26N2O3S. The van der Waals surface area contributed by atoms with E-state index in [1.54, 1.807) is 12.1 Å². The predicted octanol–water partition coefficient (Wildman–Crippen LogP) is 3.84. The van der Waals surface area contributed by atoms with Crippen molar-refractivity contribution < 1.29 is 13.2 Å². The Labute approximate surface area is 172 Å². The first-order valence-corrected chi connectivity index (χ1v) is 11.7. The highest BCUT2D eigenvalue weighted by atomic mass is 32.2. The van der Waals surface area contributed by atoms with Crippen LogP contribution in [-0.2, 0) is 14.8 Å². The molecule has 0 saturated carbocycles. The van der Waals surface area contributed by atoms with Crippen LogP contribution in [0.25, 0.3) is 0 Å². The van der Waals surface area contributed by atoms with Crippen molar-refractivity contribution >= 4 is 15.7 Å². The number of aryl methyl sites for hydroxylation is 1. The number of hydrogen-bond donors (Lipinski definition) is 1. The Kier molecular flexibility index (Phi) is 4.73. The maximum atomic E-state index is 12.9. The Bertz CT molecular complexity index is 1040. The molecule has 0 aromatic heterocycles. The Balaban J connectivity index is 1.45. The van der Waals surface area contributed by atoms with Gasteiger partial charge in [-0.05, 0) is 48.1 Å². The first-order valence-electron chi connectivity index (χ1n) is 10.3. The molecule has 0 spiro atoms. The van der Waals surface area contributed by atoms with Crippen molar-refractivity contribution in [2.75, 3.05) is 31.6 Å². The fourth-order valence-corrected chi connectivity index (χ4v) is 6.30. The Morgan fingerprint density at radius 1 is 1.07 bits per heavy atom. The van der Waals surface area contributed by atoms with Gasteiger partial charge in [-0.15, -0.1) is 0 Å². The lowest BCUT2D eigenvalue weighted by atomic mass is 9.76. The molecule has 29 heavy (non-hydrogen) atoms. The second kappa shape index (κ2) is 7.27. The summed E-state index contributed by atoms with van der Waals surface area (Å²) in [5, 5.41) is 3.76. The number of rotatable bonds is 3. The summed E-state index contributed by atoms with van der Waals surface area (Å²) in [4.78, 5) is 0.358. The molecular weight excluding hydrogens is 384 g/mol. The zero-order valence-corrected chi connectivity index (χ0v) is 17.4. The average molecular weight is 411 g/mol. The fourth-order valence-electron chi connectivity index (χ4n) is 4.89. The number of allylic oxidation sites excluding steroid dienone is 2. The largest absolute Gasteiger partial charge is 0.379 e. The topological polar surface area (TPSA) is 58.6 Å². The third kappa shape index (κ3) is 3.19. The highest BCUT2D eigenvalue weighted by Gasteiger charge is 2.38. The summed E-state index contributed by atoms with van der Waals surface area (Å²) in [6.45, 7) is 3.88. The van der Waals surface area contributed by atoms with Crippen LogP contribution in [-0.4, -0.2) is 39.0 Å². The number of hydrogen-bond acceptors (Lipinski definition) is 4. The molecule has 2 heterocycles. The Morgan fingerprint density at radius 3 is 2.59 bits per heavy atom. The summed E-state index contributed by atoms with van der Waals surface area (Å²) in [6.07, 6.45) is 5.64. The number of fused-ring (bicyclic) bond motifs is 3. The second-order valence-electron chi connectivity index (χ2n) is 8.10. The first-order chi connectivity index (χ1) is 14.1. The molecule has 5 rings (SSSR count). The summed E-state index contributed by atoms with van der Waals surface area (Å²) in [6, 6.07) is 14.1. The van der Waals surface area contributed by atoms with E-state index in [9.17, 15) is 8.42 Å². The van der Waals surface area contributed by atoms with Crippen molar-refractivity contribution in [2.24, 2.45) is 5.92 Å². The fraction of sp³-hybridized carbons (Fsp3) is 0.391. The van der Waals surface area contributed by atoms with Gasteiger partial charge in [0.05, 0.1) is 24.2 Å². The van der Waals surface area contributed by atoms with Crippen molar-refractivity contribution in [1.29, 1.82) is 0 Å². The highest BCUT2D eigenvalue weighted by Crippen LogP contribution is 2.50. The van der Waals surface area contributed by atoms with Gasteiger partial charge in [0, 0.05) is 24.7 Å². The van der Waals surface area contributed by atoms with Gasteiger partial charge in [-0.2, -0.15) is 4.31 Å². The summed E-state index contributed by atoms with van der Waals surface area (Å²) in [5.41, 5.74) is 4.97. The number of morpholine rings is 1. The molecule has 3 aliphatic rings. The van der Waals surface area contributed by atoms with E-state index in [0.717, 1.165) is 12.0 Å². The van der Waals surface area contributed by atoms with E-state index in [4.69, 9.17) is 4.74 Å². The maximum absolute atomic E-state index is 12.9. The van der Waals surface area contributed by atoms with Crippen molar-refractivity contribution in [3.8, 4) is 0 Å². The van der Waals surface area contributed by atoms with Crippen LogP contribution in [0, 0.1) is 12.8 Å². The number of para-hydroxylation sites is 1. The van der Waals surface area contributed by atoms with E-state index in [1.807, 2.05) is 12.1 Å². The molecule has 1 fully saturated rings. The number of anilines is 1. The van der Waals surface area contributed by atoms with E-state index in [2.05, 4.69) is 42.6 Å². The highest BCUT2D eigenvalue weighted by molar-refractivity contribution is 7.89. The number of nitrogens with zero attached hydrogens (tertiary/aromatic N) is 1. The normalized spacial score (nSPS) is 26.6. The van der Waals surface area contributed by atoms with Gasteiger partial charge >= 0.3 is 0 Å². The number of nitrogens with one attached hydrogen (secondary N) is 1. The smallest absolute Gasteiger partial charge is 0.243 e. The second-order valence-corrected chi connectivity index (χ2v) is 10.0. The SMILES string of the molecule is Cc1cccc2c1N[C@@H](c1ccc(S(=O)(=O)N3CCOCC3)cc1)[C@H]1CC=C[C@@H]21. The van der Waals surface area contributed by atoms with Crippen LogP contribution < -0.4 is 5.32 Å². The van der Waals surface area contributed by atoms with Gasteiger partial charge in [0.15, 0.2) is 0 Å². The van der Waals surface area contributed by atoms with Crippen LogP contribution in [0.1, 0.15) is 35.1 Å². The minimum Gasteiger partial charge on any atom is -0.379 e. The first kappa shape index (κ1) is 18.9. The molecule has 2 aromatic rings. The van der Waals surface area contributed by atoms with Crippen molar-refractivity contribution in [3.63, 3.8) is 0 Å². The molecule has 3 atom stereocenters. The number of ether oxygens (including phenoxy) is 1. The van der Waals surface area contributed by atoms with Crippen molar-refractivity contribution in [2.45, 2.75) is 30.2 Å². The molecule has 0 radical (unpaired) electrons. The van der Waals surface area contributed by atoms with Gasteiger partial charge in [-0.3, -0.25) is 0 Å². The molecule has 2 aromatic carbocycles. The van der Waals surface area contributed by atoms with Crippen LogP contribution in [0.3, 0.4) is 0 Å². The molecule has 0 amide bonds. The van der Waals surface area contributed by atoms with Gasteiger partial charge in [-0.25, -0.2) is 8.42 Å². The lowest BCUT2D eigenvalue weighted by molar-refractivity contribution is 0.0730. The molecule has 0 unspecified atom stereocenters. The molecule has 1 saturated heterocycles. The van der Waals surface area contributed by atoms with E-state index in [1.165, 1.54) is 21.1 Å². The van der Waals surface area contributed by atoms with Crippen LogP contribution in [0.4, 0.5) is 5.69 Å². The van der Waals surface area contributed by atoms with Crippen LogP contribution >= 0.6 is 0 Å². The van der Waals surface area contributed by atoms with Crippen LogP contribution in [0.2, 0.25) is 0 Å². The maximum Gasteiger partial charge on any atom is 0.243 e. The average Bonchev–Trinajstić information content (AvgIpc) is 3.25. The molecule has 152 valence electrons. The van der Waals surface area contributed by atoms with Gasteiger partial charge in [0.25, 0.3) is 0 Å². The van der Waals surface area contributed by atoms with E-state index in [-0.39, 0.29) is 6.04 Å². The predicted molar refractivity (Wildman–Crippen MR) is 114 cm³/mol. The minimum absolute atomic E-state index is 0.170. The zero-order chi connectivity index (χ0) is 20.0. The van der Waals surface area contributed by atoms with Crippen LogP contribution in [0.15, 0.2) is 59.5 Å². The summed E-state index contributed by atoms with van der Waals surface area (Å²) in [7, 11) is -3.46. The Hall–Kier alpha value is -2.15. The molecule has 5 nitrogen and oxygen atoms in total. The molecule has 1 N–H and O–H groups in total. The van der Waals surface area contributed by atoms with Crippen LogP contribution in [0.5, 0.6) is 0 Å². The standard InChI is InChI=1S/C23H26N2O3S/c1-16-4-2-6-20-19-5-3-7-21(19)23(24-22(16)20)17-8-10-18(11-9-17)29(26,27)25-12-14-28-15-13-25/h2-6,8-11,19,21,23-24H,7,12-15H2,1H3/t19-,21-,23-/m0/s1. The lowest BCUT2D eigenvalue weighted by Gasteiger charge is -2.38. The quantitative estimate of drug-likeness (QED) is 0.781. The van der Waals surface area contributed by atoms with Gasteiger partial charge in [0.1, 0.15) is 0 Å². The minimum atomic E-state index is -3.46. The Morgan fingerprint density at radius 2 is 1.83 bits per heavy atom. The van der Waals surface area contributed by atoms with Crippen molar-refractivity contribution in [1.82, 2.24) is 4.31 Å². The zero-order valence-electron chi connectivity index (χ0n) is 16.5. The lowest BCUT2D eigenvalue weighted by Crippen LogP contribution is -2.40. The van der Waals surface area contributed by atoms with E-state index >= 15 is 0 Å². The summed E-state index contributed by atoms with van der Waals surface area (Å²) < 4.78 is 32.6. The van der Waals surface area contributed by atoms with Crippen molar-refractivity contribution in [3.05, 3.63) is 71.3 Å². The molecule has 1 aliphatic carbocycles. The summed E-state index contributed by atoms with van der Waals surface area (Å²) in [5.74, 6) is 0.860. The molecule has 6 heteroatoms. The van der Waals surface area contributed by atoms with Gasteiger partial charge in [0.2, 0.25) is 10.0 Å². The number of benzene rings is 2. The van der Waals surface area contributed by atoms with Gasteiger partial charge in [-0.1, -0.05) is 42.5 Å². The number of sulfonamides is 1. The third-order valence-corrected chi connectivity index (χ3v) is 8.36. The van der Waals surface area contributed by atoms with Gasteiger partial charge < -0.3 is 10.1 Å². The third-order valence-electron chi connectivity index (χ3n) is 6.45. The molecule has 2 aliphatic heterocycles. The van der Waals surface area contributed by atoms with E-state index in [0.29, 0.717) is 43.0 Å².